The summed E-state index contributed by atoms with van der Waals surface area (Å²) in [7, 11) is 0. The van der Waals surface area contributed by atoms with Gasteiger partial charge in [-0.2, -0.15) is 0 Å². The molecule has 0 aliphatic heterocycles. The number of hydrogen-bond donors (Lipinski definition) is 1. The van der Waals surface area contributed by atoms with Crippen LogP contribution in [0.2, 0.25) is 0 Å². The van der Waals surface area contributed by atoms with Crippen molar-refractivity contribution in [2.24, 2.45) is 5.41 Å². The van der Waals surface area contributed by atoms with E-state index in [1.807, 2.05) is 0 Å². The number of carbonyl (C=O) groups is 1. The van der Waals surface area contributed by atoms with Crippen molar-refractivity contribution in [3.63, 3.8) is 0 Å². The van der Waals surface area contributed by atoms with Crippen molar-refractivity contribution in [2.45, 2.75) is 32.6 Å². The molecule has 0 aromatic rings. The topological polar surface area (TPSA) is 37.3 Å². The average molecular weight is 154 g/mol. The van der Waals surface area contributed by atoms with Crippen LogP contribution in [0.5, 0.6) is 0 Å². The van der Waals surface area contributed by atoms with E-state index in [0.717, 1.165) is 19.3 Å². The van der Waals surface area contributed by atoms with Crippen molar-refractivity contribution in [3.8, 4) is 0 Å². The number of allylic oxidation sites excluding steroid dienone is 2. The highest BCUT2D eigenvalue weighted by molar-refractivity contribution is 5.68. The van der Waals surface area contributed by atoms with Crippen LogP contribution in [0.25, 0.3) is 0 Å². The van der Waals surface area contributed by atoms with Gasteiger partial charge in [-0.15, -0.1) is 0 Å². The summed E-state index contributed by atoms with van der Waals surface area (Å²) >= 11 is 0. The Morgan fingerprint density at radius 1 is 1.64 bits per heavy atom. The molecule has 0 saturated heterocycles. The normalized spacial score (nSPS) is 20.5. The summed E-state index contributed by atoms with van der Waals surface area (Å²) in [6.07, 6.45) is 7.55. The molecule has 1 aliphatic carbocycles. The van der Waals surface area contributed by atoms with Gasteiger partial charge in [0.25, 0.3) is 0 Å². The van der Waals surface area contributed by atoms with Crippen molar-refractivity contribution in [1.29, 1.82) is 0 Å². The molecule has 0 spiro atoms. The Kier molecular flexibility index (Phi) is 2.32. The van der Waals surface area contributed by atoms with Crippen molar-refractivity contribution < 1.29 is 9.90 Å². The van der Waals surface area contributed by atoms with Gasteiger partial charge < -0.3 is 5.11 Å². The van der Waals surface area contributed by atoms with Crippen molar-refractivity contribution in [3.05, 3.63) is 12.2 Å². The van der Waals surface area contributed by atoms with Gasteiger partial charge in [0, 0.05) is 0 Å². The molecule has 2 heteroatoms. The summed E-state index contributed by atoms with van der Waals surface area (Å²) < 4.78 is 0. The molecule has 0 atom stereocenters. The third-order valence-corrected chi connectivity index (χ3v) is 2.10. The minimum atomic E-state index is -0.678. The molecule has 1 rings (SSSR count). The molecule has 1 aliphatic rings. The Morgan fingerprint density at radius 2 is 2.27 bits per heavy atom. The number of rotatable bonds is 4. The Labute approximate surface area is 66.9 Å². The zero-order chi connectivity index (χ0) is 8.32. The highest BCUT2D eigenvalue weighted by Crippen LogP contribution is 2.50. The van der Waals surface area contributed by atoms with E-state index in [1.165, 1.54) is 0 Å². The van der Waals surface area contributed by atoms with E-state index >= 15 is 0 Å². The first kappa shape index (κ1) is 8.31. The van der Waals surface area contributed by atoms with Crippen molar-refractivity contribution in [2.75, 3.05) is 0 Å². The lowest BCUT2D eigenvalue weighted by atomic mass is 10.0. The van der Waals surface area contributed by atoms with Gasteiger partial charge in [-0.25, -0.2) is 0 Å². The van der Waals surface area contributed by atoms with Gasteiger partial charge in [-0.1, -0.05) is 19.1 Å². The lowest BCUT2D eigenvalue weighted by molar-refractivity contribution is -0.138. The van der Waals surface area contributed by atoms with Crippen molar-refractivity contribution >= 4 is 5.97 Å². The molecule has 1 fully saturated rings. The van der Waals surface area contributed by atoms with E-state index in [4.69, 9.17) is 5.11 Å². The summed E-state index contributed by atoms with van der Waals surface area (Å²) in [5, 5.41) is 8.55. The lowest BCUT2D eigenvalue weighted by Gasteiger charge is -2.03. The monoisotopic (exact) mass is 154 g/mol. The SMILES string of the molecule is CC/C=C/C1(CC(=O)O)CC1. The van der Waals surface area contributed by atoms with Gasteiger partial charge in [0.1, 0.15) is 0 Å². The van der Waals surface area contributed by atoms with Crippen LogP contribution >= 0.6 is 0 Å². The molecule has 0 radical (unpaired) electrons. The van der Waals surface area contributed by atoms with Gasteiger partial charge in [0.05, 0.1) is 6.42 Å². The van der Waals surface area contributed by atoms with Crippen LogP contribution in [0.1, 0.15) is 32.6 Å². The Morgan fingerprint density at radius 3 is 2.64 bits per heavy atom. The van der Waals surface area contributed by atoms with Crippen LogP contribution in [0.4, 0.5) is 0 Å². The second-order valence-corrected chi connectivity index (χ2v) is 3.24. The molecule has 2 nitrogen and oxygen atoms in total. The third kappa shape index (κ3) is 2.37. The fourth-order valence-corrected chi connectivity index (χ4v) is 1.23. The van der Waals surface area contributed by atoms with Gasteiger partial charge in [0.2, 0.25) is 0 Å². The van der Waals surface area contributed by atoms with Gasteiger partial charge in [-0.05, 0) is 24.7 Å². The van der Waals surface area contributed by atoms with E-state index < -0.39 is 5.97 Å². The van der Waals surface area contributed by atoms with Crippen LogP contribution in [0.15, 0.2) is 12.2 Å². The smallest absolute Gasteiger partial charge is 0.304 e. The van der Waals surface area contributed by atoms with E-state index in [2.05, 4.69) is 19.1 Å². The molecule has 62 valence electrons. The highest BCUT2D eigenvalue weighted by atomic mass is 16.4. The second-order valence-electron chi connectivity index (χ2n) is 3.24. The predicted octanol–water partition coefficient (Wildman–Crippen LogP) is 2.21. The molecular weight excluding hydrogens is 140 g/mol. The lowest BCUT2D eigenvalue weighted by Crippen LogP contribution is -2.05. The molecule has 0 bridgehead atoms. The minimum Gasteiger partial charge on any atom is -0.481 e. The van der Waals surface area contributed by atoms with Crippen LogP contribution in [-0.4, -0.2) is 11.1 Å². The fraction of sp³-hybridized carbons (Fsp3) is 0.667. The largest absolute Gasteiger partial charge is 0.481 e. The number of aliphatic carboxylic acids is 1. The summed E-state index contributed by atoms with van der Waals surface area (Å²) in [4.78, 5) is 10.4. The first-order valence-corrected chi connectivity index (χ1v) is 4.08. The van der Waals surface area contributed by atoms with Crippen LogP contribution < -0.4 is 0 Å². The van der Waals surface area contributed by atoms with Crippen LogP contribution in [0.3, 0.4) is 0 Å². The number of carboxylic acids is 1. The quantitative estimate of drug-likeness (QED) is 0.630. The molecule has 0 amide bonds. The van der Waals surface area contributed by atoms with Crippen molar-refractivity contribution in [1.82, 2.24) is 0 Å². The summed E-state index contributed by atoms with van der Waals surface area (Å²) in [5.74, 6) is -0.678. The Balaban J connectivity index is 2.41. The first-order valence-electron chi connectivity index (χ1n) is 4.08. The maximum absolute atomic E-state index is 10.4. The molecule has 0 heterocycles. The molecule has 11 heavy (non-hydrogen) atoms. The van der Waals surface area contributed by atoms with E-state index in [0.29, 0.717) is 6.42 Å². The second kappa shape index (κ2) is 3.07. The highest BCUT2D eigenvalue weighted by Gasteiger charge is 2.41. The first-order chi connectivity index (χ1) is 5.18. The maximum Gasteiger partial charge on any atom is 0.304 e. The number of hydrogen-bond acceptors (Lipinski definition) is 1. The zero-order valence-corrected chi connectivity index (χ0v) is 6.84. The molecule has 0 aromatic carbocycles. The van der Waals surface area contributed by atoms with E-state index in [9.17, 15) is 4.79 Å². The fourth-order valence-electron chi connectivity index (χ4n) is 1.23. The predicted molar refractivity (Wildman–Crippen MR) is 43.4 cm³/mol. The van der Waals surface area contributed by atoms with E-state index in [-0.39, 0.29) is 5.41 Å². The van der Waals surface area contributed by atoms with Crippen LogP contribution in [0, 0.1) is 5.41 Å². The Hall–Kier alpha value is -0.790. The molecular formula is C9H14O2. The summed E-state index contributed by atoms with van der Waals surface area (Å²) in [5.41, 5.74) is 0.0435. The minimum absolute atomic E-state index is 0.0435. The summed E-state index contributed by atoms with van der Waals surface area (Å²) in [6, 6.07) is 0. The standard InChI is InChI=1S/C9H14O2/c1-2-3-4-9(5-6-9)7-8(10)11/h3-4H,2,5-7H2,1H3,(H,10,11)/b4-3+. The zero-order valence-electron chi connectivity index (χ0n) is 6.84. The number of carboxylic acid groups (broad SMARTS) is 1. The molecule has 1 N–H and O–H groups in total. The summed E-state index contributed by atoms with van der Waals surface area (Å²) in [6.45, 7) is 2.06. The van der Waals surface area contributed by atoms with Gasteiger partial charge in [0.15, 0.2) is 0 Å². The van der Waals surface area contributed by atoms with Gasteiger partial charge in [-0.3, -0.25) is 4.79 Å². The Bertz CT molecular complexity index is 178. The molecule has 0 aromatic heterocycles. The molecule has 1 saturated carbocycles. The molecule has 0 unspecified atom stereocenters. The maximum atomic E-state index is 10.4. The van der Waals surface area contributed by atoms with Crippen LogP contribution in [-0.2, 0) is 4.79 Å². The van der Waals surface area contributed by atoms with E-state index in [1.54, 1.807) is 0 Å². The van der Waals surface area contributed by atoms with Gasteiger partial charge >= 0.3 is 5.97 Å². The average Bonchev–Trinajstić information content (AvgIpc) is 2.64. The third-order valence-electron chi connectivity index (χ3n) is 2.10.